The first kappa shape index (κ1) is 13.8. The summed E-state index contributed by atoms with van der Waals surface area (Å²) < 4.78 is 16.4. The summed E-state index contributed by atoms with van der Waals surface area (Å²) in [5, 5.41) is 0. The lowest BCUT2D eigenvalue weighted by Gasteiger charge is -2.29. The van der Waals surface area contributed by atoms with E-state index in [0.29, 0.717) is 6.61 Å². The molecule has 0 saturated heterocycles. The van der Waals surface area contributed by atoms with Crippen LogP contribution in [0.3, 0.4) is 0 Å². The third kappa shape index (κ3) is 4.19. The van der Waals surface area contributed by atoms with Gasteiger partial charge in [0.15, 0.2) is 6.29 Å². The van der Waals surface area contributed by atoms with Crippen molar-refractivity contribution in [3.05, 3.63) is 48.0 Å². The first-order valence-electron chi connectivity index (χ1n) is 6.31. The molecular weight excluding hydrogens is 244 g/mol. The summed E-state index contributed by atoms with van der Waals surface area (Å²) in [6.45, 7) is 3.73. The maximum Gasteiger partial charge on any atom is 0.303 e. The van der Waals surface area contributed by atoms with Gasteiger partial charge in [0.2, 0.25) is 0 Å². The standard InChI is InChI=1S/C15H18O4/c1-11-14(19-12(2)16)8-9-15(18-11)17-10-13-6-4-3-5-7-13/h3-9,11,14-15H,10H2,1-2H3/t11-,14+,15-/m0/s1. The maximum atomic E-state index is 10.9. The van der Waals surface area contributed by atoms with Gasteiger partial charge >= 0.3 is 5.97 Å². The Bertz CT molecular complexity index is 441. The molecule has 0 radical (unpaired) electrons. The van der Waals surface area contributed by atoms with Crippen molar-refractivity contribution < 1.29 is 19.0 Å². The van der Waals surface area contributed by atoms with E-state index in [0.717, 1.165) is 5.56 Å². The Labute approximate surface area is 113 Å². The molecule has 1 aromatic rings. The molecule has 19 heavy (non-hydrogen) atoms. The van der Waals surface area contributed by atoms with E-state index in [9.17, 15) is 4.79 Å². The quantitative estimate of drug-likeness (QED) is 0.617. The number of hydrogen-bond acceptors (Lipinski definition) is 4. The molecule has 0 saturated carbocycles. The summed E-state index contributed by atoms with van der Waals surface area (Å²) in [7, 11) is 0. The van der Waals surface area contributed by atoms with Crippen molar-refractivity contribution in [2.24, 2.45) is 0 Å². The van der Waals surface area contributed by atoms with Gasteiger partial charge in [-0.05, 0) is 24.6 Å². The first-order valence-corrected chi connectivity index (χ1v) is 6.31. The SMILES string of the molecule is CC(=O)O[C@@H]1C=C[C@@H](OCc2ccccc2)O[C@H]1C. The summed E-state index contributed by atoms with van der Waals surface area (Å²) in [6, 6.07) is 9.90. The normalized spacial score (nSPS) is 26.1. The van der Waals surface area contributed by atoms with Crippen molar-refractivity contribution in [1.29, 1.82) is 0 Å². The Morgan fingerprint density at radius 3 is 2.63 bits per heavy atom. The second kappa shape index (κ2) is 6.50. The number of carbonyl (C=O) groups excluding carboxylic acids is 1. The average Bonchev–Trinajstić information content (AvgIpc) is 2.40. The number of ether oxygens (including phenoxy) is 3. The Hall–Kier alpha value is -1.65. The van der Waals surface area contributed by atoms with Gasteiger partial charge in [0, 0.05) is 6.92 Å². The minimum atomic E-state index is -0.401. The van der Waals surface area contributed by atoms with Crippen molar-refractivity contribution in [3.8, 4) is 0 Å². The van der Waals surface area contributed by atoms with E-state index in [4.69, 9.17) is 14.2 Å². The van der Waals surface area contributed by atoms with Gasteiger partial charge in [-0.25, -0.2) is 0 Å². The van der Waals surface area contributed by atoms with E-state index in [2.05, 4.69) is 0 Å². The van der Waals surface area contributed by atoms with Crippen LogP contribution < -0.4 is 0 Å². The van der Waals surface area contributed by atoms with Crippen LogP contribution in [0, 0.1) is 0 Å². The zero-order valence-corrected chi connectivity index (χ0v) is 11.1. The van der Waals surface area contributed by atoms with E-state index in [1.165, 1.54) is 6.92 Å². The van der Waals surface area contributed by atoms with Gasteiger partial charge in [0.05, 0.1) is 12.7 Å². The van der Waals surface area contributed by atoms with E-state index < -0.39 is 6.29 Å². The molecule has 1 heterocycles. The Balaban J connectivity index is 1.85. The number of benzene rings is 1. The third-order valence-electron chi connectivity index (χ3n) is 2.83. The fraction of sp³-hybridized carbons (Fsp3) is 0.400. The molecule has 0 aromatic heterocycles. The predicted octanol–water partition coefficient (Wildman–Crippen LogP) is 2.44. The largest absolute Gasteiger partial charge is 0.456 e. The zero-order valence-electron chi connectivity index (χ0n) is 11.1. The highest BCUT2D eigenvalue weighted by Crippen LogP contribution is 2.17. The van der Waals surface area contributed by atoms with Crippen LogP contribution in [0.5, 0.6) is 0 Å². The molecule has 4 nitrogen and oxygen atoms in total. The van der Waals surface area contributed by atoms with Crippen LogP contribution in [0.15, 0.2) is 42.5 Å². The van der Waals surface area contributed by atoms with Crippen LogP contribution in [0.25, 0.3) is 0 Å². The van der Waals surface area contributed by atoms with E-state index in [-0.39, 0.29) is 18.2 Å². The van der Waals surface area contributed by atoms with Crippen molar-refractivity contribution in [2.45, 2.75) is 39.0 Å². The average molecular weight is 262 g/mol. The van der Waals surface area contributed by atoms with Crippen molar-refractivity contribution in [2.75, 3.05) is 0 Å². The summed E-state index contributed by atoms with van der Waals surface area (Å²) in [4.78, 5) is 10.9. The lowest BCUT2D eigenvalue weighted by Crippen LogP contribution is -2.36. The molecular formula is C15H18O4. The first-order chi connectivity index (χ1) is 9.15. The lowest BCUT2D eigenvalue weighted by atomic mass is 10.1. The Morgan fingerprint density at radius 2 is 2.00 bits per heavy atom. The van der Waals surface area contributed by atoms with Crippen LogP contribution in [0.1, 0.15) is 19.4 Å². The van der Waals surface area contributed by atoms with Crippen molar-refractivity contribution in [3.63, 3.8) is 0 Å². The molecule has 2 rings (SSSR count). The van der Waals surface area contributed by atoms with Crippen LogP contribution in [0.2, 0.25) is 0 Å². The van der Waals surface area contributed by atoms with E-state index >= 15 is 0 Å². The highest BCUT2D eigenvalue weighted by atomic mass is 16.7. The van der Waals surface area contributed by atoms with Gasteiger partial charge in [-0.3, -0.25) is 4.79 Å². The molecule has 3 atom stereocenters. The molecule has 0 unspecified atom stereocenters. The molecule has 0 aliphatic carbocycles. The van der Waals surface area contributed by atoms with Crippen molar-refractivity contribution in [1.82, 2.24) is 0 Å². The van der Waals surface area contributed by atoms with E-state index in [1.807, 2.05) is 43.3 Å². The molecule has 4 heteroatoms. The summed E-state index contributed by atoms with van der Waals surface area (Å²) in [6.07, 6.45) is 2.63. The summed E-state index contributed by atoms with van der Waals surface area (Å²) >= 11 is 0. The molecule has 102 valence electrons. The van der Waals surface area contributed by atoms with Gasteiger partial charge in [-0.2, -0.15) is 0 Å². The number of esters is 1. The van der Waals surface area contributed by atoms with Crippen LogP contribution >= 0.6 is 0 Å². The Morgan fingerprint density at radius 1 is 1.26 bits per heavy atom. The smallest absolute Gasteiger partial charge is 0.303 e. The Kier molecular flexibility index (Phi) is 4.71. The monoisotopic (exact) mass is 262 g/mol. The van der Waals surface area contributed by atoms with Crippen LogP contribution in [-0.2, 0) is 25.6 Å². The number of rotatable bonds is 4. The summed E-state index contributed by atoms with van der Waals surface area (Å²) in [5.74, 6) is -0.311. The second-order valence-corrected chi connectivity index (χ2v) is 4.47. The summed E-state index contributed by atoms with van der Waals surface area (Å²) in [5.41, 5.74) is 1.09. The second-order valence-electron chi connectivity index (χ2n) is 4.47. The van der Waals surface area contributed by atoms with Crippen molar-refractivity contribution >= 4 is 5.97 Å². The molecule has 0 spiro atoms. The molecule has 0 amide bonds. The van der Waals surface area contributed by atoms with Crippen LogP contribution in [0.4, 0.5) is 0 Å². The fourth-order valence-corrected chi connectivity index (χ4v) is 1.87. The van der Waals surface area contributed by atoms with Gasteiger partial charge in [0.25, 0.3) is 0 Å². The predicted molar refractivity (Wildman–Crippen MR) is 70.3 cm³/mol. The highest BCUT2D eigenvalue weighted by Gasteiger charge is 2.26. The van der Waals surface area contributed by atoms with Gasteiger partial charge in [-0.15, -0.1) is 0 Å². The highest BCUT2D eigenvalue weighted by molar-refractivity contribution is 5.66. The molecule has 0 bridgehead atoms. The van der Waals surface area contributed by atoms with Gasteiger partial charge in [-0.1, -0.05) is 30.3 Å². The van der Waals surface area contributed by atoms with Crippen LogP contribution in [-0.4, -0.2) is 24.5 Å². The molecule has 1 aliphatic rings. The third-order valence-corrected chi connectivity index (χ3v) is 2.83. The maximum absolute atomic E-state index is 10.9. The molecule has 1 aromatic carbocycles. The lowest BCUT2D eigenvalue weighted by molar-refractivity contribution is -0.184. The van der Waals surface area contributed by atoms with Gasteiger partial charge < -0.3 is 14.2 Å². The zero-order chi connectivity index (χ0) is 13.7. The number of hydrogen-bond donors (Lipinski definition) is 0. The van der Waals surface area contributed by atoms with Gasteiger partial charge in [0.1, 0.15) is 6.10 Å². The molecule has 0 N–H and O–H groups in total. The number of carbonyl (C=O) groups is 1. The van der Waals surface area contributed by atoms with E-state index in [1.54, 1.807) is 6.08 Å². The molecule has 1 aliphatic heterocycles. The molecule has 0 fully saturated rings. The fourth-order valence-electron chi connectivity index (χ4n) is 1.87. The minimum Gasteiger partial charge on any atom is -0.456 e. The minimum absolute atomic E-state index is 0.213. The topological polar surface area (TPSA) is 44.8 Å².